The topological polar surface area (TPSA) is 78.9 Å². The van der Waals surface area contributed by atoms with Gasteiger partial charge in [0, 0.05) is 31.9 Å². The number of nitrogens with zero attached hydrogens (tertiary/aromatic N) is 2. The zero-order valence-electron chi connectivity index (χ0n) is 17.1. The van der Waals surface area contributed by atoms with Crippen LogP contribution in [0.25, 0.3) is 0 Å². The molecule has 3 rings (SSSR count). The lowest BCUT2D eigenvalue weighted by molar-refractivity contribution is -0.158. The van der Waals surface area contributed by atoms with Crippen LogP contribution in [0.2, 0.25) is 0 Å². The van der Waals surface area contributed by atoms with Crippen molar-refractivity contribution in [2.75, 3.05) is 37.6 Å². The highest BCUT2D eigenvalue weighted by Crippen LogP contribution is 2.16. The highest BCUT2D eigenvalue weighted by Gasteiger charge is 2.27. The molecular formula is C23H27N3O4. The molecule has 2 aromatic carbocycles. The lowest BCUT2D eigenvalue weighted by Crippen LogP contribution is -2.52. The summed E-state index contributed by atoms with van der Waals surface area (Å²) in [6, 6.07) is 19.3. The number of esters is 1. The average Bonchev–Trinajstić information content (AvgIpc) is 2.78. The van der Waals surface area contributed by atoms with Gasteiger partial charge in [0.15, 0.2) is 6.10 Å². The van der Waals surface area contributed by atoms with Gasteiger partial charge < -0.3 is 19.9 Å². The minimum atomic E-state index is -0.883. The van der Waals surface area contributed by atoms with Gasteiger partial charge in [-0.2, -0.15) is 0 Å². The van der Waals surface area contributed by atoms with Crippen LogP contribution in [0.3, 0.4) is 0 Å². The van der Waals surface area contributed by atoms with Crippen LogP contribution in [-0.2, 0) is 25.5 Å². The number of benzene rings is 2. The van der Waals surface area contributed by atoms with E-state index < -0.39 is 12.1 Å². The van der Waals surface area contributed by atoms with Gasteiger partial charge in [-0.05, 0) is 24.6 Å². The molecule has 0 radical (unpaired) electrons. The van der Waals surface area contributed by atoms with Crippen molar-refractivity contribution in [3.8, 4) is 0 Å². The van der Waals surface area contributed by atoms with Gasteiger partial charge in [0.25, 0.3) is 5.91 Å². The van der Waals surface area contributed by atoms with E-state index in [4.69, 9.17) is 4.74 Å². The lowest BCUT2D eigenvalue weighted by atomic mass is 10.1. The molecule has 0 aromatic heterocycles. The third-order valence-electron chi connectivity index (χ3n) is 5.01. The molecule has 30 heavy (non-hydrogen) atoms. The van der Waals surface area contributed by atoms with E-state index in [-0.39, 0.29) is 24.8 Å². The Morgan fingerprint density at radius 1 is 0.933 bits per heavy atom. The summed E-state index contributed by atoms with van der Waals surface area (Å²) >= 11 is 0. The molecule has 7 heteroatoms. The minimum Gasteiger partial charge on any atom is -0.451 e. The van der Waals surface area contributed by atoms with Gasteiger partial charge >= 0.3 is 5.97 Å². The molecule has 0 spiro atoms. The number of rotatable bonds is 7. The van der Waals surface area contributed by atoms with Gasteiger partial charge in [-0.25, -0.2) is 0 Å². The van der Waals surface area contributed by atoms with E-state index in [0.29, 0.717) is 13.1 Å². The molecular weight excluding hydrogens is 382 g/mol. The Bertz CT molecular complexity index is 849. The van der Waals surface area contributed by atoms with Crippen LogP contribution in [0, 0.1) is 0 Å². The van der Waals surface area contributed by atoms with Crippen molar-refractivity contribution in [1.29, 1.82) is 0 Å². The second kappa shape index (κ2) is 10.4. The number of hydrogen-bond donors (Lipinski definition) is 1. The molecule has 2 aromatic rings. The molecule has 0 saturated carbocycles. The summed E-state index contributed by atoms with van der Waals surface area (Å²) in [7, 11) is 0. The maximum atomic E-state index is 12.6. The lowest BCUT2D eigenvalue weighted by Gasteiger charge is -2.37. The molecule has 0 bridgehead atoms. The van der Waals surface area contributed by atoms with Crippen LogP contribution in [0.1, 0.15) is 12.5 Å². The molecule has 0 unspecified atom stereocenters. The maximum absolute atomic E-state index is 12.6. The predicted octanol–water partition coefficient (Wildman–Crippen LogP) is 1.63. The zero-order chi connectivity index (χ0) is 21.3. The first-order chi connectivity index (χ1) is 14.5. The van der Waals surface area contributed by atoms with Gasteiger partial charge in [0.2, 0.25) is 5.91 Å². The fourth-order valence-corrected chi connectivity index (χ4v) is 3.38. The van der Waals surface area contributed by atoms with E-state index in [0.717, 1.165) is 24.3 Å². The van der Waals surface area contributed by atoms with Gasteiger partial charge in [-0.15, -0.1) is 0 Å². The molecule has 2 amide bonds. The molecule has 158 valence electrons. The number of nitrogens with one attached hydrogen (secondary N) is 1. The van der Waals surface area contributed by atoms with Crippen LogP contribution in [0.4, 0.5) is 5.69 Å². The van der Waals surface area contributed by atoms with E-state index in [9.17, 15) is 14.4 Å². The molecule has 1 N–H and O–H groups in total. The van der Waals surface area contributed by atoms with Crippen molar-refractivity contribution in [2.45, 2.75) is 19.4 Å². The smallest absolute Gasteiger partial charge is 0.326 e. The van der Waals surface area contributed by atoms with Gasteiger partial charge in [-0.3, -0.25) is 14.4 Å². The van der Waals surface area contributed by atoms with Crippen molar-refractivity contribution in [2.24, 2.45) is 0 Å². The quantitative estimate of drug-likeness (QED) is 0.703. The Kier molecular flexibility index (Phi) is 7.43. The third-order valence-corrected chi connectivity index (χ3v) is 5.01. The van der Waals surface area contributed by atoms with Crippen LogP contribution in [0.15, 0.2) is 60.7 Å². The summed E-state index contributed by atoms with van der Waals surface area (Å²) in [6.45, 7) is 3.91. The standard InChI is InChI=1S/C23H27N3O4/c1-18(30-22(28)17-24-21(27)16-19-8-4-2-5-9-19)23(29)26-14-12-25(13-15-26)20-10-6-3-7-11-20/h2-11,18H,12-17H2,1H3,(H,24,27)/t18-/m0/s1. The van der Waals surface area contributed by atoms with E-state index in [1.807, 2.05) is 60.7 Å². The normalized spacial score (nSPS) is 14.7. The van der Waals surface area contributed by atoms with Crippen LogP contribution in [-0.4, -0.2) is 61.5 Å². The highest BCUT2D eigenvalue weighted by atomic mass is 16.5. The molecule has 7 nitrogen and oxygen atoms in total. The van der Waals surface area contributed by atoms with Gasteiger partial charge in [0.1, 0.15) is 6.54 Å². The number of ether oxygens (including phenoxy) is 1. The molecule has 1 heterocycles. The molecule has 1 aliphatic heterocycles. The molecule has 1 aliphatic rings. The van der Waals surface area contributed by atoms with Gasteiger partial charge in [-0.1, -0.05) is 48.5 Å². The number of para-hydroxylation sites is 1. The van der Waals surface area contributed by atoms with Gasteiger partial charge in [0.05, 0.1) is 6.42 Å². The van der Waals surface area contributed by atoms with Crippen molar-refractivity contribution in [3.63, 3.8) is 0 Å². The van der Waals surface area contributed by atoms with Crippen LogP contribution in [0.5, 0.6) is 0 Å². The fraction of sp³-hybridized carbons (Fsp3) is 0.348. The summed E-state index contributed by atoms with van der Waals surface area (Å²) in [5.74, 6) is -1.11. The second-order valence-corrected chi connectivity index (χ2v) is 7.22. The number of amides is 2. The maximum Gasteiger partial charge on any atom is 0.326 e. The predicted molar refractivity (Wildman–Crippen MR) is 114 cm³/mol. The van der Waals surface area contributed by atoms with Crippen LogP contribution < -0.4 is 10.2 Å². The first-order valence-corrected chi connectivity index (χ1v) is 10.1. The van der Waals surface area contributed by atoms with Crippen molar-refractivity contribution in [3.05, 3.63) is 66.2 Å². The Morgan fingerprint density at radius 2 is 1.53 bits per heavy atom. The van der Waals surface area contributed by atoms with Crippen LogP contribution >= 0.6 is 0 Å². The summed E-state index contributed by atoms with van der Waals surface area (Å²) in [6.07, 6.45) is -0.694. The summed E-state index contributed by atoms with van der Waals surface area (Å²) in [5, 5.41) is 2.53. The largest absolute Gasteiger partial charge is 0.451 e. The molecule has 0 aliphatic carbocycles. The van der Waals surface area contributed by atoms with E-state index >= 15 is 0 Å². The first-order valence-electron chi connectivity index (χ1n) is 10.1. The number of anilines is 1. The minimum absolute atomic E-state index is 0.189. The molecule has 1 fully saturated rings. The summed E-state index contributed by atoms with van der Waals surface area (Å²) in [4.78, 5) is 40.5. The van der Waals surface area contributed by atoms with Crippen molar-refractivity contribution < 1.29 is 19.1 Å². The molecule has 1 saturated heterocycles. The van der Waals surface area contributed by atoms with Crippen molar-refractivity contribution in [1.82, 2.24) is 10.2 Å². The summed E-state index contributed by atoms with van der Waals surface area (Å²) in [5.41, 5.74) is 2.00. The Morgan fingerprint density at radius 3 is 2.17 bits per heavy atom. The Hall–Kier alpha value is -3.35. The Labute approximate surface area is 176 Å². The SMILES string of the molecule is C[C@H](OC(=O)CNC(=O)Cc1ccccc1)C(=O)N1CCN(c2ccccc2)CC1. The highest BCUT2D eigenvalue weighted by molar-refractivity contribution is 5.86. The second-order valence-electron chi connectivity index (χ2n) is 7.22. The Balaban J connectivity index is 1.38. The number of hydrogen-bond acceptors (Lipinski definition) is 5. The summed E-state index contributed by atoms with van der Waals surface area (Å²) < 4.78 is 5.22. The number of carbonyl (C=O) groups is 3. The first kappa shape index (κ1) is 21.4. The van der Waals surface area contributed by atoms with E-state index in [2.05, 4.69) is 10.2 Å². The fourth-order valence-electron chi connectivity index (χ4n) is 3.38. The number of piperazine rings is 1. The van der Waals surface area contributed by atoms with Crippen molar-refractivity contribution >= 4 is 23.5 Å². The number of carbonyl (C=O) groups excluding carboxylic acids is 3. The molecule has 1 atom stereocenters. The monoisotopic (exact) mass is 409 g/mol. The third kappa shape index (κ3) is 6.07. The zero-order valence-corrected chi connectivity index (χ0v) is 17.1. The van der Waals surface area contributed by atoms with E-state index in [1.165, 1.54) is 0 Å². The van der Waals surface area contributed by atoms with E-state index in [1.54, 1.807) is 11.8 Å². The average molecular weight is 409 g/mol.